The molecule has 1 aromatic rings. The number of hydrogen-bond acceptors (Lipinski definition) is 4. The average molecular weight is 290 g/mol. The average Bonchev–Trinajstić information content (AvgIpc) is 2.49. The molecule has 0 aliphatic carbocycles. The molecule has 0 spiro atoms. The largest absolute Gasteiger partial charge is 0.487 e. The van der Waals surface area contributed by atoms with Crippen LogP contribution in [0, 0.1) is 0 Å². The lowest BCUT2D eigenvalue weighted by molar-refractivity contribution is -0.117. The van der Waals surface area contributed by atoms with Gasteiger partial charge in [-0.25, -0.2) is 0 Å². The zero-order valence-electron chi connectivity index (χ0n) is 12.2. The summed E-state index contributed by atoms with van der Waals surface area (Å²) in [6, 6.07) is 5.06. The number of nitrogens with two attached hydrogens (primary N) is 1. The van der Waals surface area contributed by atoms with Crippen molar-refractivity contribution in [1.29, 1.82) is 0 Å². The number of anilines is 1. The number of carbonyl (C=O) groups excluding carboxylic acids is 1. The third-order valence-electron chi connectivity index (χ3n) is 2.88. The van der Waals surface area contributed by atoms with Gasteiger partial charge in [0.25, 0.3) is 0 Å². The predicted octanol–water partition coefficient (Wildman–Crippen LogP) is 1.73. The minimum atomic E-state index is -0.249. The fourth-order valence-electron chi connectivity index (χ4n) is 1.65. The second-order valence-electron chi connectivity index (χ2n) is 4.53. The smallest absolute Gasteiger partial charge is 0.244 e. The number of nitrogens with one attached hydrogen (secondary N) is 1. The highest BCUT2D eigenvalue weighted by atomic mass is 16.5. The Morgan fingerprint density at radius 2 is 2.33 bits per heavy atom. The quantitative estimate of drug-likeness (QED) is 0.387. The number of rotatable bonds is 8. The number of hydrogen-bond donors (Lipinski definition) is 3. The Hall–Kier alpha value is -2.27. The summed E-state index contributed by atoms with van der Waals surface area (Å²) in [5.74, 6) is 0.337. The minimum Gasteiger partial charge on any atom is -0.487 e. The van der Waals surface area contributed by atoms with Gasteiger partial charge >= 0.3 is 0 Å². The van der Waals surface area contributed by atoms with Crippen molar-refractivity contribution in [3.8, 4) is 5.75 Å². The molecule has 4 N–H and O–H groups in total. The van der Waals surface area contributed by atoms with Crippen LogP contribution in [0.1, 0.15) is 18.9 Å². The fraction of sp³-hybridized carbons (Fsp3) is 0.312. The molecule has 0 fully saturated rings. The summed E-state index contributed by atoms with van der Waals surface area (Å²) in [7, 11) is 0. The highest BCUT2D eigenvalue weighted by Crippen LogP contribution is 2.23. The molecule has 0 heterocycles. The normalized spacial score (nSPS) is 12.1. The predicted molar refractivity (Wildman–Crippen MR) is 84.9 cm³/mol. The number of carbonyl (C=O) groups is 1. The lowest BCUT2D eigenvalue weighted by atomic mass is 10.1. The Morgan fingerprint density at radius 1 is 1.57 bits per heavy atom. The molecule has 0 aliphatic heterocycles. The summed E-state index contributed by atoms with van der Waals surface area (Å²) in [5, 5.41) is 11.7. The maximum Gasteiger partial charge on any atom is 0.244 e. The molecule has 0 aliphatic rings. The number of amides is 1. The van der Waals surface area contributed by atoms with Crippen LogP contribution in [0.4, 0.5) is 5.69 Å². The van der Waals surface area contributed by atoms with E-state index in [-0.39, 0.29) is 18.6 Å². The Kier molecular flexibility index (Phi) is 7.04. The van der Waals surface area contributed by atoms with E-state index in [4.69, 9.17) is 15.6 Å². The summed E-state index contributed by atoms with van der Waals surface area (Å²) in [6.07, 6.45) is 5.39. The van der Waals surface area contributed by atoms with E-state index in [2.05, 4.69) is 11.9 Å². The summed E-state index contributed by atoms with van der Waals surface area (Å²) < 4.78 is 5.37. The summed E-state index contributed by atoms with van der Waals surface area (Å²) in [5.41, 5.74) is 7.16. The molecule has 1 atom stereocenters. The summed E-state index contributed by atoms with van der Waals surface area (Å²) >= 11 is 0. The molecule has 0 aromatic heterocycles. The van der Waals surface area contributed by atoms with Crippen LogP contribution in [0.2, 0.25) is 0 Å². The van der Waals surface area contributed by atoms with Crippen molar-refractivity contribution in [2.75, 3.05) is 18.9 Å². The number of ether oxygens (including phenoxy) is 1. The molecule has 5 nitrogen and oxygen atoms in total. The first-order valence-corrected chi connectivity index (χ1v) is 6.83. The third-order valence-corrected chi connectivity index (χ3v) is 2.88. The van der Waals surface area contributed by atoms with Crippen molar-refractivity contribution in [2.45, 2.75) is 19.4 Å². The van der Waals surface area contributed by atoms with Gasteiger partial charge in [-0.15, -0.1) is 0 Å². The van der Waals surface area contributed by atoms with Crippen LogP contribution in [0.3, 0.4) is 0 Å². The van der Waals surface area contributed by atoms with Crippen molar-refractivity contribution >= 4 is 17.7 Å². The second-order valence-corrected chi connectivity index (χ2v) is 4.53. The molecule has 1 unspecified atom stereocenters. The molecule has 114 valence electrons. The maximum absolute atomic E-state index is 11.7. The molecule has 21 heavy (non-hydrogen) atoms. The molecular formula is C16H22N2O3. The van der Waals surface area contributed by atoms with Crippen LogP contribution in [-0.4, -0.2) is 30.3 Å². The van der Waals surface area contributed by atoms with Gasteiger partial charge < -0.3 is 20.9 Å². The highest BCUT2D eigenvalue weighted by Gasteiger charge is 2.06. The zero-order valence-corrected chi connectivity index (χ0v) is 12.2. The minimum absolute atomic E-state index is 0.0711. The lowest BCUT2D eigenvalue weighted by Crippen LogP contribution is -2.35. The van der Waals surface area contributed by atoms with Crippen molar-refractivity contribution in [1.82, 2.24) is 5.32 Å². The van der Waals surface area contributed by atoms with Gasteiger partial charge in [0.15, 0.2) is 0 Å². The topological polar surface area (TPSA) is 84.6 Å². The number of nitrogen functional groups attached to an aromatic ring is 1. The van der Waals surface area contributed by atoms with E-state index in [0.29, 0.717) is 24.5 Å². The van der Waals surface area contributed by atoms with Crippen LogP contribution in [0.15, 0.2) is 36.9 Å². The monoisotopic (exact) mass is 290 g/mol. The van der Waals surface area contributed by atoms with Crippen molar-refractivity contribution in [3.63, 3.8) is 0 Å². The molecule has 0 radical (unpaired) electrons. The molecule has 5 heteroatoms. The van der Waals surface area contributed by atoms with Crippen LogP contribution >= 0.6 is 0 Å². The summed E-state index contributed by atoms with van der Waals surface area (Å²) in [6.45, 7) is 5.79. The van der Waals surface area contributed by atoms with Crippen LogP contribution < -0.4 is 15.8 Å². The van der Waals surface area contributed by atoms with Crippen LogP contribution in [-0.2, 0) is 4.79 Å². The van der Waals surface area contributed by atoms with Crippen molar-refractivity contribution in [3.05, 3.63) is 42.5 Å². The first-order chi connectivity index (χ1) is 10.1. The van der Waals surface area contributed by atoms with Gasteiger partial charge in [-0.3, -0.25) is 4.79 Å². The Balaban J connectivity index is 2.66. The SMILES string of the molecule is C=CCOc1ccc(/C=C\C(=O)NC(CC)CO)cc1N. The van der Waals surface area contributed by atoms with Gasteiger partial charge in [-0.05, 0) is 30.2 Å². The van der Waals surface area contributed by atoms with Crippen LogP contribution in [0.5, 0.6) is 5.75 Å². The molecule has 1 rings (SSSR count). The molecule has 0 saturated carbocycles. The van der Waals surface area contributed by atoms with E-state index in [1.165, 1.54) is 6.08 Å². The number of aliphatic hydroxyl groups excluding tert-OH is 1. The van der Waals surface area contributed by atoms with Gasteiger partial charge in [0, 0.05) is 6.08 Å². The molecule has 0 saturated heterocycles. The second kappa shape index (κ2) is 8.81. The Labute approximate surface area is 125 Å². The van der Waals surface area contributed by atoms with Crippen molar-refractivity contribution in [2.24, 2.45) is 0 Å². The highest BCUT2D eigenvalue weighted by molar-refractivity contribution is 5.92. The molecule has 0 bridgehead atoms. The van der Waals surface area contributed by atoms with Gasteiger partial charge in [-0.2, -0.15) is 0 Å². The number of aliphatic hydroxyl groups is 1. The van der Waals surface area contributed by atoms with Gasteiger partial charge in [0.05, 0.1) is 18.3 Å². The Bertz CT molecular complexity index is 508. The van der Waals surface area contributed by atoms with Gasteiger partial charge in [0.1, 0.15) is 12.4 Å². The molecule has 1 aromatic carbocycles. The van der Waals surface area contributed by atoms with E-state index in [9.17, 15) is 4.79 Å². The van der Waals surface area contributed by atoms with E-state index in [1.807, 2.05) is 13.0 Å². The van der Waals surface area contributed by atoms with E-state index < -0.39 is 0 Å². The first-order valence-electron chi connectivity index (χ1n) is 6.83. The molecule has 1 amide bonds. The van der Waals surface area contributed by atoms with E-state index >= 15 is 0 Å². The van der Waals surface area contributed by atoms with E-state index in [0.717, 1.165) is 5.56 Å². The Morgan fingerprint density at radius 3 is 2.90 bits per heavy atom. The van der Waals surface area contributed by atoms with Crippen LogP contribution in [0.25, 0.3) is 6.08 Å². The third kappa shape index (κ3) is 5.71. The van der Waals surface area contributed by atoms with Gasteiger partial charge in [-0.1, -0.05) is 25.6 Å². The lowest BCUT2D eigenvalue weighted by Gasteiger charge is -2.11. The zero-order chi connectivity index (χ0) is 15.7. The molecular weight excluding hydrogens is 268 g/mol. The van der Waals surface area contributed by atoms with Gasteiger partial charge in [0.2, 0.25) is 5.91 Å². The van der Waals surface area contributed by atoms with Crippen molar-refractivity contribution < 1.29 is 14.6 Å². The standard InChI is InChI=1S/C16H22N2O3/c1-3-9-21-15-7-5-12(10-14(15)17)6-8-16(20)18-13(4-2)11-19/h3,5-8,10,13,19H,1,4,9,11,17H2,2H3,(H,18,20)/b8-6-. The number of benzene rings is 1. The summed E-state index contributed by atoms with van der Waals surface area (Å²) in [4.78, 5) is 11.7. The fourth-order valence-corrected chi connectivity index (χ4v) is 1.65. The first kappa shape index (κ1) is 16.8. The maximum atomic E-state index is 11.7. The van der Waals surface area contributed by atoms with E-state index in [1.54, 1.807) is 24.3 Å².